The summed E-state index contributed by atoms with van der Waals surface area (Å²) in [6.45, 7) is 9.13. The number of rotatable bonds is 7. The Morgan fingerprint density at radius 1 is 1.07 bits per heavy atom. The standard InChI is InChI=1S/C22H37N5O.HI/c1-2-23-22(24-13-6-14-26-15-11-21(28)12-16-26)25-19-9-17-27(18-10-19)20-7-4-3-5-8-20;/h3-5,7-8,19,21,28H,2,6,9-18H2,1H3,(H2,23,24,25);1H. The highest BCUT2D eigenvalue weighted by Gasteiger charge is 2.20. The van der Waals surface area contributed by atoms with Gasteiger partial charge < -0.3 is 25.5 Å². The zero-order valence-corrected chi connectivity index (χ0v) is 20.1. The summed E-state index contributed by atoms with van der Waals surface area (Å²) in [4.78, 5) is 9.71. The molecule has 0 spiro atoms. The first kappa shape index (κ1) is 24.2. The van der Waals surface area contributed by atoms with Crippen molar-refractivity contribution in [2.24, 2.45) is 4.99 Å². The van der Waals surface area contributed by atoms with Crippen LogP contribution in [0.15, 0.2) is 35.3 Å². The Kier molecular flexibility index (Phi) is 11.1. The summed E-state index contributed by atoms with van der Waals surface area (Å²) in [6.07, 6.45) is 5.07. The third kappa shape index (κ3) is 8.30. The van der Waals surface area contributed by atoms with Gasteiger partial charge in [0.2, 0.25) is 0 Å². The van der Waals surface area contributed by atoms with Gasteiger partial charge in [-0.1, -0.05) is 18.2 Å². The first-order chi connectivity index (χ1) is 13.7. The maximum Gasteiger partial charge on any atom is 0.191 e. The lowest BCUT2D eigenvalue weighted by Gasteiger charge is -2.34. The third-order valence-corrected chi connectivity index (χ3v) is 5.76. The predicted octanol–water partition coefficient (Wildman–Crippen LogP) is 2.68. The van der Waals surface area contributed by atoms with Gasteiger partial charge in [0.25, 0.3) is 0 Å². The van der Waals surface area contributed by atoms with Gasteiger partial charge in [0.15, 0.2) is 5.96 Å². The van der Waals surface area contributed by atoms with E-state index >= 15 is 0 Å². The van der Waals surface area contributed by atoms with Crippen LogP contribution in [0.5, 0.6) is 0 Å². The summed E-state index contributed by atoms with van der Waals surface area (Å²) in [5.74, 6) is 0.953. The van der Waals surface area contributed by atoms with Crippen LogP contribution in [0.1, 0.15) is 39.0 Å². The number of nitrogens with one attached hydrogen (secondary N) is 2. The van der Waals surface area contributed by atoms with Crippen molar-refractivity contribution < 1.29 is 5.11 Å². The van der Waals surface area contributed by atoms with Gasteiger partial charge in [0.1, 0.15) is 0 Å². The summed E-state index contributed by atoms with van der Waals surface area (Å²) >= 11 is 0. The molecule has 6 nitrogen and oxygen atoms in total. The van der Waals surface area contributed by atoms with E-state index in [1.807, 2.05) is 0 Å². The van der Waals surface area contributed by atoms with Crippen LogP contribution in [0, 0.1) is 0 Å². The molecule has 2 heterocycles. The molecule has 29 heavy (non-hydrogen) atoms. The molecule has 1 aromatic carbocycles. The molecule has 7 heteroatoms. The summed E-state index contributed by atoms with van der Waals surface area (Å²) < 4.78 is 0. The van der Waals surface area contributed by atoms with Crippen molar-refractivity contribution in [2.75, 3.05) is 50.7 Å². The predicted molar refractivity (Wildman–Crippen MR) is 133 cm³/mol. The lowest BCUT2D eigenvalue weighted by Crippen LogP contribution is -2.48. The van der Waals surface area contributed by atoms with Gasteiger partial charge >= 0.3 is 0 Å². The molecule has 2 fully saturated rings. The molecule has 0 unspecified atom stereocenters. The highest BCUT2D eigenvalue weighted by atomic mass is 127. The Labute approximate surface area is 193 Å². The van der Waals surface area contributed by atoms with Gasteiger partial charge in [-0.05, 0) is 57.7 Å². The minimum absolute atomic E-state index is 0. The van der Waals surface area contributed by atoms with Gasteiger partial charge in [-0.15, -0.1) is 24.0 Å². The van der Waals surface area contributed by atoms with Crippen LogP contribution in [-0.2, 0) is 0 Å². The maximum atomic E-state index is 9.60. The van der Waals surface area contributed by atoms with Crippen molar-refractivity contribution in [2.45, 2.75) is 51.2 Å². The smallest absolute Gasteiger partial charge is 0.191 e. The lowest BCUT2D eigenvalue weighted by atomic mass is 10.0. The van der Waals surface area contributed by atoms with E-state index in [0.29, 0.717) is 6.04 Å². The van der Waals surface area contributed by atoms with E-state index in [-0.39, 0.29) is 30.1 Å². The van der Waals surface area contributed by atoms with Crippen molar-refractivity contribution in [1.82, 2.24) is 15.5 Å². The molecule has 0 radical (unpaired) electrons. The van der Waals surface area contributed by atoms with Crippen molar-refractivity contribution >= 4 is 35.6 Å². The number of hydrogen-bond acceptors (Lipinski definition) is 4. The Balaban J connectivity index is 0.00000300. The molecule has 2 aliphatic rings. The van der Waals surface area contributed by atoms with Gasteiger partial charge in [-0.2, -0.15) is 0 Å². The van der Waals surface area contributed by atoms with E-state index in [9.17, 15) is 5.11 Å². The molecule has 0 bridgehead atoms. The Hall–Kier alpha value is -1.06. The van der Waals surface area contributed by atoms with E-state index < -0.39 is 0 Å². The fraction of sp³-hybridized carbons (Fsp3) is 0.682. The summed E-state index contributed by atoms with van der Waals surface area (Å²) in [7, 11) is 0. The van der Waals surface area contributed by atoms with Crippen LogP contribution in [0.3, 0.4) is 0 Å². The number of anilines is 1. The summed E-state index contributed by atoms with van der Waals surface area (Å²) in [6, 6.07) is 11.2. The van der Waals surface area contributed by atoms with Crippen molar-refractivity contribution in [3.8, 4) is 0 Å². The van der Waals surface area contributed by atoms with Crippen molar-refractivity contribution in [3.05, 3.63) is 30.3 Å². The number of halogens is 1. The number of hydrogen-bond donors (Lipinski definition) is 3. The molecule has 1 aromatic rings. The number of benzene rings is 1. The Morgan fingerprint density at radius 3 is 2.41 bits per heavy atom. The van der Waals surface area contributed by atoms with Crippen LogP contribution in [0.2, 0.25) is 0 Å². The van der Waals surface area contributed by atoms with Crippen LogP contribution in [0.4, 0.5) is 5.69 Å². The highest BCUT2D eigenvalue weighted by Crippen LogP contribution is 2.19. The number of likely N-dealkylation sites (tertiary alicyclic amines) is 1. The van der Waals surface area contributed by atoms with Gasteiger partial charge in [0.05, 0.1) is 6.10 Å². The molecule has 0 amide bonds. The minimum Gasteiger partial charge on any atom is -0.393 e. The quantitative estimate of drug-likeness (QED) is 0.226. The SMILES string of the molecule is CCNC(=NCCCN1CCC(O)CC1)NC1CCN(c2ccccc2)CC1.I. The number of aliphatic imine (C=N–C) groups is 1. The molecule has 3 rings (SSSR count). The molecular weight excluding hydrogens is 477 g/mol. The normalized spacial score (nSPS) is 19.7. The van der Waals surface area contributed by atoms with Gasteiger partial charge in [-0.25, -0.2) is 0 Å². The molecule has 164 valence electrons. The Morgan fingerprint density at radius 2 is 1.76 bits per heavy atom. The Bertz CT molecular complexity index is 584. The average Bonchev–Trinajstić information content (AvgIpc) is 2.74. The van der Waals surface area contributed by atoms with Crippen LogP contribution >= 0.6 is 24.0 Å². The number of aliphatic hydroxyl groups excluding tert-OH is 1. The molecular formula is C22H38IN5O. The van der Waals surface area contributed by atoms with E-state index in [2.05, 4.69) is 57.7 Å². The second-order valence-electron chi connectivity index (χ2n) is 7.93. The molecule has 0 saturated carbocycles. The molecule has 0 aromatic heterocycles. The molecule has 0 atom stereocenters. The number of para-hydroxylation sites is 1. The van der Waals surface area contributed by atoms with Crippen LogP contribution < -0.4 is 15.5 Å². The van der Waals surface area contributed by atoms with E-state index in [1.165, 1.54) is 5.69 Å². The molecule has 0 aliphatic carbocycles. The fourth-order valence-corrected chi connectivity index (χ4v) is 4.06. The molecule has 3 N–H and O–H groups in total. The lowest BCUT2D eigenvalue weighted by molar-refractivity contribution is 0.0824. The average molecular weight is 515 g/mol. The number of piperidine rings is 2. The second-order valence-corrected chi connectivity index (χ2v) is 7.93. The highest BCUT2D eigenvalue weighted by molar-refractivity contribution is 14.0. The summed E-state index contributed by atoms with van der Waals surface area (Å²) in [5.41, 5.74) is 1.33. The molecule has 2 aliphatic heterocycles. The number of nitrogens with zero attached hydrogens (tertiary/aromatic N) is 3. The van der Waals surface area contributed by atoms with E-state index in [1.54, 1.807) is 0 Å². The zero-order chi connectivity index (χ0) is 19.6. The maximum absolute atomic E-state index is 9.60. The largest absolute Gasteiger partial charge is 0.393 e. The van der Waals surface area contributed by atoms with Crippen LogP contribution in [-0.4, -0.2) is 73.9 Å². The number of aliphatic hydroxyl groups is 1. The third-order valence-electron chi connectivity index (χ3n) is 5.76. The van der Waals surface area contributed by atoms with E-state index in [0.717, 1.165) is 83.9 Å². The van der Waals surface area contributed by atoms with Gasteiger partial charge in [-0.3, -0.25) is 4.99 Å². The zero-order valence-electron chi connectivity index (χ0n) is 17.7. The second kappa shape index (κ2) is 13.3. The van der Waals surface area contributed by atoms with Crippen molar-refractivity contribution in [3.63, 3.8) is 0 Å². The van der Waals surface area contributed by atoms with Crippen molar-refractivity contribution in [1.29, 1.82) is 0 Å². The van der Waals surface area contributed by atoms with Gasteiger partial charge in [0, 0.05) is 51.0 Å². The van der Waals surface area contributed by atoms with Crippen LogP contribution in [0.25, 0.3) is 0 Å². The fourth-order valence-electron chi connectivity index (χ4n) is 4.06. The number of guanidine groups is 1. The first-order valence-electron chi connectivity index (χ1n) is 11.0. The molecule has 2 saturated heterocycles. The monoisotopic (exact) mass is 515 g/mol. The first-order valence-corrected chi connectivity index (χ1v) is 11.0. The summed E-state index contributed by atoms with van der Waals surface area (Å²) in [5, 5.41) is 16.6. The topological polar surface area (TPSA) is 63.1 Å². The minimum atomic E-state index is -0.0906. The van der Waals surface area contributed by atoms with E-state index in [4.69, 9.17) is 4.99 Å².